The molecule has 1 saturated carbocycles. The van der Waals surface area contributed by atoms with Crippen LogP contribution in [0.3, 0.4) is 0 Å². The molecule has 0 spiro atoms. The summed E-state index contributed by atoms with van der Waals surface area (Å²) in [5.41, 5.74) is 2.37. The Morgan fingerprint density at radius 2 is 1.81 bits per heavy atom. The number of allylic oxidation sites excluding steroid dienone is 4. The van der Waals surface area contributed by atoms with E-state index in [1.54, 1.807) is 19.1 Å². The molecule has 2 aromatic rings. The Morgan fingerprint density at radius 1 is 1.14 bits per heavy atom. The average Bonchev–Trinajstić information content (AvgIpc) is 2.88. The summed E-state index contributed by atoms with van der Waals surface area (Å²) in [6, 6.07) is 12.8. The normalized spacial score (nSPS) is 15.8. The molecule has 1 fully saturated rings. The third-order valence-corrected chi connectivity index (χ3v) is 6.55. The summed E-state index contributed by atoms with van der Waals surface area (Å²) < 4.78 is 14.5. The molecule has 0 radical (unpaired) electrons. The van der Waals surface area contributed by atoms with Gasteiger partial charge >= 0.3 is 0 Å². The Balaban J connectivity index is 2.10. The van der Waals surface area contributed by atoms with Gasteiger partial charge in [-0.25, -0.2) is 4.39 Å². The first-order valence-corrected chi connectivity index (χ1v) is 12.5. The largest absolute Gasteiger partial charge is 0.508 e. The van der Waals surface area contributed by atoms with Crippen LogP contribution in [0.5, 0.6) is 5.75 Å². The van der Waals surface area contributed by atoms with Crippen LogP contribution >= 0.6 is 0 Å². The maximum atomic E-state index is 14.5. The number of aromatic hydroxyl groups is 1. The predicted octanol–water partition coefficient (Wildman–Crippen LogP) is 6.21. The SMILES string of the molecule is C=C/C(=C\C(F)=C/C)N(C(=O)Cc1ccc(O)cc1)C(C(=O)NC1CCCCC1)c1ccccc1C. The molecular weight excluding hydrogens is 455 g/mol. The third-order valence-electron chi connectivity index (χ3n) is 6.55. The first-order valence-electron chi connectivity index (χ1n) is 12.5. The van der Waals surface area contributed by atoms with Crippen molar-refractivity contribution in [3.05, 3.63) is 102 Å². The standard InChI is InChI=1S/C30H35FN2O3/c1-4-23(31)20-25(5-2)33(28(35)19-22-15-17-26(34)18-16-22)29(27-14-10-9-11-21(27)3)30(36)32-24-12-7-6-8-13-24/h4-5,9-11,14-18,20,24,29,34H,2,6-8,12-13,19H2,1,3H3,(H,32,36)/b23-4+,25-20+. The number of nitrogens with one attached hydrogen (secondary N) is 1. The number of phenols is 1. The van der Waals surface area contributed by atoms with Gasteiger partial charge in [0.25, 0.3) is 0 Å². The number of aryl methyl sites for hydroxylation is 1. The molecule has 190 valence electrons. The van der Waals surface area contributed by atoms with E-state index in [1.807, 2.05) is 31.2 Å². The Bertz CT molecular complexity index is 1130. The summed E-state index contributed by atoms with van der Waals surface area (Å²) >= 11 is 0. The van der Waals surface area contributed by atoms with E-state index in [9.17, 15) is 19.1 Å². The summed E-state index contributed by atoms with van der Waals surface area (Å²) in [5.74, 6) is -1.13. The second-order valence-corrected chi connectivity index (χ2v) is 9.16. The van der Waals surface area contributed by atoms with Gasteiger partial charge in [0.1, 0.15) is 17.6 Å². The van der Waals surface area contributed by atoms with E-state index in [-0.39, 0.29) is 35.7 Å². The fraction of sp³-hybridized carbons (Fsp3) is 0.333. The lowest BCUT2D eigenvalue weighted by Crippen LogP contribution is -2.47. The molecule has 1 atom stereocenters. The lowest BCUT2D eigenvalue weighted by atomic mass is 9.93. The van der Waals surface area contributed by atoms with Crippen molar-refractivity contribution in [1.29, 1.82) is 0 Å². The van der Waals surface area contributed by atoms with Gasteiger partial charge in [-0.05, 0) is 67.7 Å². The number of carbonyl (C=O) groups is 2. The number of hydrogen-bond donors (Lipinski definition) is 2. The Hall–Kier alpha value is -3.67. The van der Waals surface area contributed by atoms with Gasteiger partial charge in [0, 0.05) is 11.7 Å². The average molecular weight is 491 g/mol. The van der Waals surface area contributed by atoms with Gasteiger partial charge < -0.3 is 10.4 Å². The summed E-state index contributed by atoms with van der Waals surface area (Å²) in [5, 5.41) is 12.8. The molecule has 2 N–H and O–H groups in total. The number of amides is 2. The van der Waals surface area contributed by atoms with Crippen molar-refractivity contribution in [2.75, 3.05) is 0 Å². The Morgan fingerprint density at radius 3 is 2.42 bits per heavy atom. The van der Waals surface area contributed by atoms with Gasteiger partial charge in [0.2, 0.25) is 11.8 Å². The van der Waals surface area contributed by atoms with Crippen LogP contribution in [0.2, 0.25) is 0 Å². The van der Waals surface area contributed by atoms with E-state index in [1.165, 1.54) is 35.3 Å². The predicted molar refractivity (Wildman–Crippen MR) is 141 cm³/mol. The molecule has 0 aromatic heterocycles. The van der Waals surface area contributed by atoms with Crippen molar-refractivity contribution in [2.45, 2.75) is 64.5 Å². The van der Waals surface area contributed by atoms with E-state index >= 15 is 0 Å². The molecule has 1 unspecified atom stereocenters. The van der Waals surface area contributed by atoms with Crippen LogP contribution in [-0.4, -0.2) is 27.9 Å². The van der Waals surface area contributed by atoms with Gasteiger partial charge in [-0.15, -0.1) is 0 Å². The number of halogens is 1. The first kappa shape index (κ1) is 26.9. The Kier molecular flexibility index (Phi) is 9.62. The molecular formula is C30H35FN2O3. The van der Waals surface area contributed by atoms with Gasteiger partial charge in [-0.3, -0.25) is 14.5 Å². The minimum absolute atomic E-state index is 0.0373. The molecule has 3 rings (SSSR count). The molecule has 0 saturated heterocycles. The second kappa shape index (κ2) is 12.9. The van der Waals surface area contributed by atoms with Crippen LogP contribution in [-0.2, 0) is 16.0 Å². The lowest BCUT2D eigenvalue weighted by molar-refractivity contribution is -0.138. The molecule has 5 nitrogen and oxygen atoms in total. The van der Waals surface area contributed by atoms with E-state index in [4.69, 9.17) is 0 Å². The summed E-state index contributed by atoms with van der Waals surface area (Å²) in [6.45, 7) is 7.27. The Labute approximate surface area is 213 Å². The van der Waals surface area contributed by atoms with E-state index < -0.39 is 11.9 Å². The zero-order chi connectivity index (χ0) is 26.1. The monoisotopic (exact) mass is 490 g/mol. The minimum Gasteiger partial charge on any atom is -0.508 e. The molecule has 1 aliphatic carbocycles. The number of phenolic OH excluding ortho intramolecular Hbond substituents is 1. The zero-order valence-electron chi connectivity index (χ0n) is 21.0. The fourth-order valence-electron chi connectivity index (χ4n) is 4.58. The van der Waals surface area contributed by atoms with Crippen molar-refractivity contribution < 1.29 is 19.1 Å². The molecule has 2 aromatic carbocycles. The quantitative estimate of drug-likeness (QED) is 0.411. The van der Waals surface area contributed by atoms with Crippen LogP contribution in [0, 0.1) is 6.92 Å². The second-order valence-electron chi connectivity index (χ2n) is 9.16. The van der Waals surface area contributed by atoms with Crippen molar-refractivity contribution in [2.24, 2.45) is 0 Å². The highest BCUT2D eigenvalue weighted by Crippen LogP contribution is 2.31. The highest BCUT2D eigenvalue weighted by Gasteiger charge is 2.35. The molecule has 0 aliphatic heterocycles. The van der Waals surface area contributed by atoms with E-state index in [2.05, 4.69) is 11.9 Å². The first-order chi connectivity index (χ1) is 17.3. The summed E-state index contributed by atoms with van der Waals surface area (Å²) in [6.07, 6.45) is 8.91. The zero-order valence-corrected chi connectivity index (χ0v) is 21.0. The van der Waals surface area contributed by atoms with Crippen LogP contribution in [0.25, 0.3) is 0 Å². The number of benzene rings is 2. The van der Waals surface area contributed by atoms with Crippen molar-refractivity contribution in [3.63, 3.8) is 0 Å². The lowest BCUT2D eigenvalue weighted by Gasteiger charge is -2.34. The maximum Gasteiger partial charge on any atom is 0.248 e. The highest BCUT2D eigenvalue weighted by molar-refractivity contribution is 5.91. The molecule has 0 heterocycles. The minimum atomic E-state index is -1.01. The number of nitrogens with zero attached hydrogens (tertiary/aromatic N) is 1. The van der Waals surface area contributed by atoms with Crippen LogP contribution in [0.1, 0.15) is 61.8 Å². The number of hydrogen-bond acceptors (Lipinski definition) is 3. The molecule has 2 amide bonds. The van der Waals surface area contributed by atoms with Crippen molar-refractivity contribution >= 4 is 11.8 Å². The maximum absolute atomic E-state index is 14.5. The molecule has 0 bridgehead atoms. The van der Waals surface area contributed by atoms with Crippen LogP contribution < -0.4 is 5.32 Å². The van der Waals surface area contributed by atoms with Crippen molar-refractivity contribution in [1.82, 2.24) is 10.2 Å². The van der Waals surface area contributed by atoms with Crippen LogP contribution in [0.15, 0.2) is 84.9 Å². The van der Waals surface area contributed by atoms with E-state index in [0.29, 0.717) is 11.1 Å². The van der Waals surface area contributed by atoms with Gasteiger partial charge in [-0.2, -0.15) is 0 Å². The van der Waals surface area contributed by atoms with Gasteiger partial charge in [0.15, 0.2) is 0 Å². The van der Waals surface area contributed by atoms with E-state index in [0.717, 1.165) is 37.7 Å². The number of carbonyl (C=O) groups excluding carboxylic acids is 2. The molecule has 6 heteroatoms. The number of rotatable bonds is 9. The van der Waals surface area contributed by atoms with Gasteiger partial charge in [0.05, 0.1) is 6.42 Å². The summed E-state index contributed by atoms with van der Waals surface area (Å²) in [7, 11) is 0. The van der Waals surface area contributed by atoms with Crippen LogP contribution in [0.4, 0.5) is 4.39 Å². The topological polar surface area (TPSA) is 69.6 Å². The molecule has 1 aliphatic rings. The van der Waals surface area contributed by atoms with Crippen molar-refractivity contribution in [3.8, 4) is 5.75 Å². The highest BCUT2D eigenvalue weighted by atomic mass is 19.1. The van der Waals surface area contributed by atoms with Gasteiger partial charge in [-0.1, -0.05) is 68.3 Å². The smallest absolute Gasteiger partial charge is 0.248 e. The molecule has 36 heavy (non-hydrogen) atoms. The fourth-order valence-corrected chi connectivity index (χ4v) is 4.58. The summed E-state index contributed by atoms with van der Waals surface area (Å²) in [4.78, 5) is 29.1. The third kappa shape index (κ3) is 6.94.